The van der Waals surface area contributed by atoms with Crippen LogP contribution in [0.15, 0.2) is 33.5 Å². The first kappa shape index (κ1) is 16.5. The van der Waals surface area contributed by atoms with E-state index in [-0.39, 0.29) is 0 Å². The molecule has 2 aliphatic rings. The molecule has 7 nitrogen and oxygen atoms in total. The Labute approximate surface area is 144 Å². The van der Waals surface area contributed by atoms with Gasteiger partial charge in [0.15, 0.2) is 12.1 Å². The molecule has 1 aromatic heterocycles. The Kier molecular flexibility index (Phi) is 3.84. The standard InChI is InChI=1S/C18H20O7/c1-18(2)24-15-14(21-4)13(23-17(15)25-18)11-8-9-7-10(20-3)5-6-12(9)22-16(11)19/h5-8,13-15,17H,1-4H3. The molecule has 4 unspecified atom stereocenters. The average Bonchev–Trinajstić information content (AvgIpc) is 3.04. The second-order valence-electron chi connectivity index (χ2n) is 6.62. The van der Waals surface area contributed by atoms with Gasteiger partial charge in [0.1, 0.15) is 29.6 Å². The molecule has 25 heavy (non-hydrogen) atoms. The minimum absolute atomic E-state index is 0.368. The first-order valence-electron chi connectivity index (χ1n) is 8.07. The number of hydrogen-bond donors (Lipinski definition) is 0. The van der Waals surface area contributed by atoms with E-state index >= 15 is 0 Å². The van der Waals surface area contributed by atoms with E-state index in [1.807, 2.05) is 13.8 Å². The van der Waals surface area contributed by atoms with E-state index in [0.717, 1.165) is 5.39 Å². The van der Waals surface area contributed by atoms with Gasteiger partial charge in [-0.3, -0.25) is 0 Å². The summed E-state index contributed by atoms with van der Waals surface area (Å²) in [7, 11) is 3.14. The van der Waals surface area contributed by atoms with Gasteiger partial charge in [-0.1, -0.05) is 0 Å². The molecule has 0 N–H and O–H groups in total. The second-order valence-corrected chi connectivity index (χ2v) is 6.62. The van der Waals surface area contributed by atoms with Gasteiger partial charge in [0, 0.05) is 12.5 Å². The van der Waals surface area contributed by atoms with Gasteiger partial charge in [0.05, 0.1) is 12.7 Å². The van der Waals surface area contributed by atoms with E-state index in [4.69, 9.17) is 28.1 Å². The zero-order chi connectivity index (χ0) is 17.8. The number of benzene rings is 1. The van der Waals surface area contributed by atoms with E-state index in [1.54, 1.807) is 38.5 Å². The van der Waals surface area contributed by atoms with E-state index < -0.39 is 36.0 Å². The van der Waals surface area contributed by atoms with Gasteiger partial charge < -0.3 is 28.1 Å². The van der Waals surface area contributed by atoms with Crippen molar-refractivity contribution in [3.05, 3.63) is 40.2 Å². The summed E-state index contributed by atoms with van der Waals surface area (Å²) < 4.78 is 33.8. The van der Waals surface area contributed by atoms with Gasteiger partial charge in [-0.2, -0.15) is 0 Å². The van der Waals surface area contributed by atoms with E-state index in [9.17, 15) is 4.79 Å². The third-order valence-corrected chi connectivity index (χ3v) is 4.54. The average molecular weight is 348 g/mol. The van der Waals surface area contributed by atoms with Crippen LogP contribution in [0.25, 0.3) is 11.0 Å². The summed E-state index contributed by atoms with van der Waals surface area (Å²) in [5.74, 6) is -0.0772. The zero-order valence-corrected chi connectivity index (χ0v) is 14.5. The van der Waals surface area contributed by atoms with Gasteiger partial charge >= 0.3 is 5.63 Å². The summed E-state index contributed by atoms with van der Waals surface area (Å²) in [6.45, 7) is 3.63. The molecule has 2 fully saturated rings. The normalized spacial score (nSPS) is 30.6. The topological polar surface area (TPSA) is 76.4 Å². The molecule has 0 amide bonds. The molecule has 1 aromatic carbocycles. The molecule has 0 aliphatic carbocycles. The van der Waals surface area contributed by atoms with Crippen molar-refractivity contribution < 1.29 is 28.1 Å². The molecule has 0 radical (unpaired) electrons. The van der Waals surface area contributed by atoms with Crippen LogP contribution in [0.2, 0.25) is 0 Å². The molecule has 4 rings (SSSR count). The summed E-state index contributed by atoms with van der Waals surface area (Å²) in [4.78, 5) is 12.5. The lowest BCUT2D eigenvalue weighted by Gasteiger charge is -2.24. The number of rotatable bonds is 3. The fourth-order valence-electron chi connectivity index (χ4n) is 3.43. The molecule has 134 valence electrons. The summed E-state index contributed by atoms with van der Waals surface area (Å²) in [6.07, 6.45) is -2.11. The molecule has 7 heteroatoms. The lowest BCUT2D eigenvalue weighted by atomic mass is 10.0. The molecule has 2 aliphatic heterocycles. The van der Waals surface area contributed by atoms with Crippen LogP contribution in [-0.2, 0) is 18.9 Å². The largest absolute Gasteiger partial charge is 0.497 e. The summed E-state index contributed by atoms with van der Waals surface area (Å²) in [5, 5.41) is 0.742. The maximum Gasteiger partial charge on any atom is 0.342 e. The van der Waals surface area contributed by atoms with Gasteiger partial charge in [0.25, 0.3) is 0 Å². The lowest BCUT2D eigenvalue weighted by Crippen LogP contribution is -2.34. The first-order valence-corrected chi connectivity index (χ1v) is 8.07. The van der Waals surface area contributed by atoms with Crippen LogP contribution in [0.1, 0.15) is 25.5 Å². The van der Waals surface area contributed by atoms with Crippen molar-refractivity contribution in [2.24, 2.45) is 0 Å². The Morgan fingerprint density at radius 1 is 1.12 bits per heavy atom. The molecule has 0 saturated carbocycles. The Morgan fingerprint density at radius 2 is 1.92 bits per heavy atom. The summed E-state index contributed by atoms with van der Waals surface area (Å²) in [6, 6.07) is 6.98. The maximum atomic E-state index is 12.5. The monoisotopic (exact) mass is 348 g/mol. The Bertz CT molecular complexity index is 856. The highest BCUT2D eigenvalue weighted by Gasteiger charge is 2.56. The van der Waals surface area contributed by atoms with Crippen LogP contribution in [0, 0.1) is 0 Å². The molecular formula is C18H20O7. The highest BCUT2D eigenvalue weighted by Crippen LogP contribution is 2.44. The van der Waals surface area contributed by atoms with Crippen LogP contribution < -0.4 is 10.4 Å². The van der Waals surface area contributed by atoms with Gasteiger partial charge in [0.2, 0.25) is 0 Å². The lowest BCUT2D eigenvalue weighted by molar-refractivity contribution is -0.218. The van der Waals surface area contributed by atoms with Crippen molar-refractivity contribution in [1.82, 2.24) is 0 Å². The fraction of sp³-hybridized carbons (Fsp3) is 0.500. The van der Waals surface area contributed by atoms with Crippen LogP contribution in [-0.4, -0.2) is 38.5 Å². The van der Waals surface area contributed by atoms with Crippen LogP contribution in [0.4, 0.5) is 0 Å². The quantitative estimate of drug-likeness (QED) is 0.788. The Hall–Kier alpha value is -1.93. The van der Waals surface area contributed by atoms with E-state index in [1.165, 1.54) is 0 Å². The highest BCUT2D eigenvalue weighted by molar-refractivity contribution is 5.78. The number of ether oxygens (including phenoxy) is 5. The molecular weight excluding hydrogens is 328 g/mol. The molecule has 2 saturated heterocycles. The Morgan fingerprint density at radius 3 is 2.64 bits per heavy atom. The predicted molar refractivity (Wildman–Crippen MR) is 87.5 cm³/mol. The molecule has 2 aromatic rings. The van der Waals surface area contributed by atoms with Crippen LogP contribution in [0.3, 0.4) is 0 Å². The first-order chi connectivity index (χ1) is 11.9. The van der Waals surface area contributed by atoms with Gasteiger partial charge in [-0.25, -0.2) is 4.79 Å². The maximum absolute atomic E-state index is 12.5. The minimum atomic E-state index is -0.751. The van der Waals surface area contributed by atoms with Crippen molar-refractivity contribution in [3.8, 4) is 5.75 Å². The summed E-state index contributed by atoms with van der Waals surface area (Å²) >= 11 is 0. The molecule has 0 bridgehead atoms. The van der Waals surface area contributed by atoms with Crippen LogP contribution in [0.5, 0.6) is 5.75 Å². The van der Waals surface area contributed by atoms with Crippen LogP contribution >= 0.6 is 0 Å². The highest BCUT2D eigenvalue weighted by atomic mass is 16.8. The molecule has 0 spiro atoms. The van der Waals surface area contributed by atoms with Crippen molar-refractivity contribution in [1.29, 1.82) is 0 Å². The zero-order valence-electron chi connectivity index (χ0n) is 14.5. The number of hydrogen-bond acceptors (Lipinski definition) is 7. The van der Waals surface area contributed by atoms with Crippen molar-refractivity contribution in [2.75, 3.05) is 14.2 Å². The molecule has 4 atom stereocenters. The smallest absolute Gasteiger partial charge is 0.342 e. The molecule has 3 heterocycles. The third-order valence-electron chi connectivity index (χ3n) is 4.54. The minimum Gasteiger partial charge on any atom is -0.497 e. The van der Waals surface area contributed by atoms with Crippen molar-refractivity contribution in [2.45, 2.75) is 44.2 Å². The van der Waals surface area contributed by atoms with E-state index in [0.29, 0.717) is 16.9 Å². The Balaban J connectivity index is 1.74. The number of methoxy groups -OCH3 is 2. The fourth-order valence-corrected chi connectivity index (χ4v) is 3.43. The second kappa shape index (κ2) is 5.81. The van der Waals surface area contributed by atoms with Crippen molar-refractivity contribution in [3.63, 3.8) is 0 Å². The third kappa shape index (κ3) is 2.73. The SMILES string of the molecule is COc1ccc2oc(=O)c(C3OC4OC(C)(C)OC4C3OC)cc2c1. The van der Waals surface area contributed by atoms with Crippen molar-refractivity contribution >= 4 is 11.0 Å². The van der Waals surface area contributed by atoms with Gasteiger partial charge in [-0.15, -0.1) is 0 Å². The summed E-state index contributed by atoms with van der Waals surface area (Å²) in [5.41, 5.74) is 0.381. The predicted octanol–water partition coefficient (Wildman–Crippen LogP) is 2.37. The number of fused-ring (bicyclic) bond motifs is 2. The van der Waals surface area contributed by atoms with Gasteiger partial charge in [-0.05, 0) is 38.1 Å². The van der Waals surface area contributed by atoms with E-state index in [2.05, 4.69) is 0 Å².